The number of ether oxygens (including phenoxy) is 1. The fourth-order valence-corrected chi connectivity index (χ4v) is 3.94. The number of hydrogen-bond acceptors (Lipinski definition) is 3. The molecule has 0 unspecified atom stereocenters. The number of carboxylic acids is 1. The standard InChI is InChI=1S/C19H24ClNO4/c20-16-3-1-2-4-17(16)25-15-9-11-21(12-10-15)18(22)13-5-7-14(8-6-13)19(23)24/h1-4,13-15H,5-12H2,(H,23,24). The highest BCUT2D eigenvalue weighted by Crippen LogP contribution is 2.31. The first-order chi connectivity index (χ1) is 12.0. The van der Waals surface area contributed by atoms with Crippen LogP contribution in [-0.2, 0) is 9.59 Å². The van der Waals surface area contributed by atoms with Gasteiger partial charge in [0, 0.05) is 31.8 Å². The Hall–Kier alpha value is -1.75. The number of halogens is 1. The van der Waals surface area contributed by atoms with Crippen molar-refractivity contribution in [2.24, 2.45) is 11.8 Å². The molecule has 6 heteroatoms. The number of likely N-dealkylation sites (tertiary alicyclic amines) is 1. The van der Waals surface area contributed by atoms with Crippen LogP contribution in [0.3, 0.4) is 0 Å². The third-order valence-corrected chi connectivity index (χ3v) is 5.62. The number of amides is 1. The maximum atomic E-state index is 12.7. The highest BCUT2D eigenvalue weighted by Gasteiger charge is 2.33. The van der Waals surface area contributed by atoms with Crippen molar-refractivity contribution in [1.29, 1.82) is 0 Å². The lowest BCUT2D eigenvalue weighted by atomic mass is 9.81. The molecule has 0 bridgehead atoms. The van der Waals surface area contributed by atoms with E-state index in [0.717, 1.165) is 12.8 Å². The molecule has 2 aliphatic rings. The molecule has 1 aliphatic heterocycles. The molecule has 1 aromatic carbocycles. The first-order valence-corrected chi connectivity index (χ1v) is 9.35. The number of carboxylic acid groups (broad SMARTS) is 1. The van der Waals surface area contributed by atoms with Crippen molar-refractivity contribution < 1.29 is 19.4 Å². The number of para-hydroxylation sites is 1. The number of benzene rings is 1. The van der Waals surface area contributed by atoms with Crippen LogP contribution in [-0.4, -0.2) is 41.1 Å². The van der Waals surface area contributed by atoms with Gasteiger partial charge in [-0.3, -0.25) is 9.59 Å². The molecule has 1 saturated carbocycles. The molecule has 2 fully saturated rings. The minimum Gasteiger partial charge on any atom is -0.489 e. The van der Waals surface area contributed by atoms with E-state index >= 15 is 0 Å². The average Bonchev–Trinajstić information content (AvgIpc) is 2.64. The molecule has 0 spiro atoms. The summed E-state index contributed by atoms with van der Waals surface area (Å²) in [5.74, 6) is -0.153. The largest absolute Gasteiger partial charge is 0.489 e. The van der Waals surface area contributed by atoms with Gasteiger partial charge in [-0.2, -0.15) is 0 Å². The quantitative estimate of drug-likeness (QED) is 0.885. The van der Waals surface area contributed by atoms with Gasteiger partial charge in [-0.15, -0.1) is 0 Å². The Balaban J connectivity index is 1.47. The van der Waals surface area contributed by atoms with E-state index in [4.69, 9.17) is 21.4 Å². The number of piperidine rings is 1. The number of hydrogen-bond donors (Lipinski definition) is 1. The van der Waals surface area contributed by atoms with Gasteiger partial charge >= 0.3 is 5.97 Å². The molecular weight excluding hydrogens is 342 g/mol. The van der Waals surface area contributed by atoms with E-state index in [9.17, 15) is 9.59 Å². The van der Waals surface area contributed by atoms with Crippen molar-refractivity contribution in [1.82, 2.24) is 4.90 Å². The number of rotatable bonds is 4. The topological polar surface area (TPSA) is 66.8 Å². The first-order valence-electron chi connectivity index (χ1n) is 8.97. The van der Waals surface area contributed by atoms with Crippen molar-refractivity contribution in [2.45, 2.75) is 44.6 Å². The summed E-state index contributed by atoms with van der Waals surface area (Å²) in [6, 6.07) is 7.44. The second-order valence-corrected chi connectivity index (χ2v) is 7.37. The van der Waals surface area contributed by atoms with E-state index in [2.05, 4.69) is 0 Å². The van der Waals surface area contributed by atoms with Gasteiger partial charge < -0.3 is 14.7 Å². The van der Waals surface area contributed by atoms with E-state index < -0.39 is 5.97 Å². The third kappa shape index (κ3) is 4.46. The van der Waals surface area contributed by atoms with Crippen molar-refractivity contribution in [2.75, 3.05) is 13.1 Å². The summed E-state index contributed by atoms with van der Waals surface area (Å²) in [4.78, 5) is 25.6. The van der Waals surface area contributed by atoms with Gasteiger partial charge in [-0.25, -0.2) is 0 Å². The van der Waals surface area contributed by atoms with E-state index in [1.54, 1.807) is 0 Å². The van der Waals surface area contributed by atoms with Gasteiger partial charge in [0.15, 0.2) is 0 Å². The molecule has 1 amide bonds. The fraction of sp³-hybridized carbons (Fsp3) is 0.579. The zero-order valence-corrected chi connectivity index (χ0v) is 15.0. The first kappa shape index (κ1) is 18.1. The third-order valence-electron chi connectivity index (χ3n) is 5.31. The minimum atomic E-state index is -0.733. The van der Waals surface area contributed by atoms with Gasteiger partial charge in [0.1, 0.15) is 11.9 Å². The Morgan fingerprint density at radius 1 is 1.00 bits per heavy atom. The summed E-state index contributed by atoms with van der Waals surface area (Å²) in [6.45, 7) is 1.37. The predicted octanol–water partition coefficient (Wildman–Crippen LogP) is 3.60. The Kier molecular flexibility index (Phi) is 5.84. The summed E-state index contributed by atoms with van der Waals surface area (Å²) < 4.78 is 5.96. The van der Waals surface area contributed by atoms with Crippen LogP contribution in [0.25, 0.3) is 0 Å². The summed E-state index contributed by atoms with van der Waals surface area (Å²) in [7, 11) is 0. The van der Waals surface area contributed by atoms with E-state index in [1.165, 1.54) is 0 Å². The van der Waals surface area contributed by atoms with Crippen molar-refractivity contribution in [3.05, 3.63) is 29.3 Å². The van der Waals surface area contributed by atoms with Crippen LogP contribution in [0.15, 0.2) is 24.3 Å². The highest BCUT2D eigenvalue weighted by atomic mass is 35.5. The maximum absolute atomic E-state index is 12.7. The van der Waals surface area contributed by atoms with Gasteiger partial charge in [-0.1, -0.05) is 23.7 Å². The second kappa shape index (κ2) is 8.09. The summed E-state index contributed by atoms with van der Waals surface area (Å²) in [5.41, 5.74) is 0. The molecule has 0 atom stereocenters. The molecule has 0 aromatic heterocycles. The molecule has 136 valence electrons. The highest BCUT2D eigenvalue weighted by molar-refractivity contribution is 6.32. The van der Waals surface area contributed by atoms with Crippen LogP contribution < -0.4 is 4.74 Å². The Morgan fingerprint density at radius 3 is 2.20 bits per heavy atom. The van der Waals surface area contributed by atoms with Crippen LogP contribution in [0.1, 0.15) is 38.5 Å². The van der Waals surface area contributed by atoms with Crippen molar-refractivity contribution >= 4 is 23.5 Å². The molecule has 1 heterocycles. The lowest BCUT2D eigenvalue weighted by molar-refractivity contribution is -0.146. The normalized spacial score (nSPS) is 24.8. The van der Waals surface area contributed by atoms with Gasteiger partial charge in [0.25, 0.3) is 0 Å². The van der Waals surface area contributed by atoms with E-state index in [0.29, 0.717) is 49.5 Å². The van der Waals surface area contributed by atoms with Crippen LogP contribution in [0.2, 0.25) is 5.02 Å². The molecular formula is C19H24ClNO4. The Bertz CT molecular complexity index is 620. The molecule has 25 heavy (non-hydrogen) atoms. The smallest absolute Gasteiger partial charge is 0.306 e. The van der Waals surface area contributed by atoms with Crippen LogP contribution in [0.4, 0.5) is 0 Å². The fourth-order valence-electron chi connectivity index (χ4n) is 3.76. The van der Waals surface area contributed by atoms with Gasteiger partial charge in [0.05, 0.1) is 10.9 Å². The van der Waals surface area contributed by atoms with Crippen LogP contribution in [0.5, 0.6) is 5.75 Å². The molecule has 1 aromatic rings. The lowest BCUT2D eigenvalue weighted by Gasteiger charge is -2.36. The summed E-state index contributed by atoms with van der Waals surface area (Å²) in [6.07, 6.45) is 4.25. The van der Waals surface area contributed by atoms with Crippen LogP contribution in [0, 0.1) is 11.8 Å². The number of aliphatic carboxylic acids is 1. The van der Waals surface area contributed by atoms with Gasteiger partial charge in [0.2, 0.25) is 5.91 Å². The maximum Gasteiger partial charge on any atom is 0.306 e. The molecule has 1 N–H and O–H groups in total. The summed E-state index contributed by atoms with van der Waals surface area (Å²) >= 11 is 6.13. The summed E-state index contributed by atoms with van der Waals surface area (Å²) in [5, 5.41) is 9.67. The molecule has 5 nitrogen and oxygen atoms in total. The number of nitrogens with zero attached hydrogens (tertiary/aromatic N) is 1. The minimum absolute atomic E-state index is 0.0170. The molecule has 3 rings (SSSR count). The van der Waals surface area contributed by atoms with Crippen molar-refractivity contribution in [3.63, 3.8) is 0 Å². The Morgan fingerprint density at radius 2 is 1.60 bits per heavy atom. The molecule has 0 radical (unpaired) electrons. The number of carbonyl (C=O) groups excluding carboxylic acids is 1. The zero-order chi connectivity index (χ0) is 17.8. The average molecular weight is 366 g/mol. The monoisotopic (exact) mass is 365 g/mol. The second-order valence-electron chi connectivity index (χ2n) is 6.96. The molecule has 1 saturated heterocycles. The number of carbonyl (C=O) groups is 2. The Labute approximate surface area is 152 Å². The van der Waals surface area contributed by atoms with E-state index in [1.807, 2.05) is 29.2 Å². The molecule has 1 aliphatic carbocycles. The van der Waals surface area contributed by atoms with E-state index in [-0.39, 0.29) is 23.8 Å². The van der Waals surface area contributed by atoms with Gasteiger partial charge in [-0.05, 0) is 37.8 Å². The van der Waals surface area contributed by atoms with Crippen molar-refractivity contribution in [3.8, 4) is 5.75 Å². The SMILES string of the molecule is O=C(O)C1CCC(C(=O)N2CCC(Oc3ccccc3Cl)CC2)CC1. The predicted molar refractivity (Wildman–Crippen MR) is 94.8 cm³/mol. The zero-order valence-electron chi connectivity index (χ0n) is 14.2. The van der Waals surface area contributed by atoms with Crippen LogP contribution >= 0.6 is 11.6 Å². The lowest BCUT2D eigenvalue weighted by Crippen LogP contribution is -2.45.